The molecule has 0 amide bonds. The van der Waals surface area contributed by atoms with Gasteiger partial charge in [0, 0.05) is 11.1 Å². The van der Waals surface area contributed by atoms with Gasteiger partial charge in [0.2, 0.25) is 5.28 Å². The van der Waals surface area contributed by atoms with E-state index in [2.05, 4.69) is 15.3 Å². The Labute approximate surface area is 138 Å². The van der Waals surface area contributed by atoms with Gasteiger partial charge < -0.3 is 5.32 Å². The van der Waals surface area contributed by atoms with Crippen LogP contribution >= 0.6 is 23.4 Å². The number of nitriles is 1. The molecule has 1 aliphatic rings. The molecule has 23 heavy (non-hydrogen) atoms. The number of rotatable bonds is 1. The number of allylic oxidation sites excluding steroid dienone is 1. The third kappa shape index (κ3) is 3.11. The van der Waals surface area contributed by atoms with Crippen LogP contribution in [-0.4, -0.2) is 9.97 Å². The second-order valence-corrected chi connectivity index (χ2v) is 5.85. The van der Waals surface area contributed by atoms with Gasteiger partial charge in [0.05, 0.1) is 22.0 Å². The van der Waals surface area contributed by atoms with E-state index in [1.807, 2.05) is 6.07 Å². The van der Waals surface area contributed by atoms with Crippen molar-refractivity contribution in [1.82, 2.24) is 9.97 Å². The smallest absolute Gasteiger partial charge is 0.348 e. The number of aromatic nitrogens is 2. The van der Waals surface area contributed by atoms with Crippen molar-refractivity contribution in [3.8, 4) is 6.07 Å². The first kappa shape index (κ1) is 15.6. The summed E-state index contributed by atoms with van der Waals surface area (Å²) < 4.78 is 38.3. The first-order valence-electron chi connectivity index (χ1n) is 6.18. The highest BCUT2D eigenvalue weighted by Gasteiger charge is 2.32. The average molecular weight is 355 g/mol. The maximum Gasteiger partial charge on any atom is 0.416 e. The molecule has 0 saturated carbocycles. The zero-order valence-corrected chi connectivity index (χ0v) is 12.7. The highest BCUT2D eigenvalue weighted by molar-refractivity contribution is 8.04. The highest BCUT2D eigenvalue weighted by Crippen LogP contribution is 2.45. The Morgan fingerprint density at radius 1 is 1.30 bits per heavy atom. The van der Waals surface area contributed by atoms with E-state index in [0.717, 1.165) is 23.9 Å². The van der Waals surface area contributed by atoms with Crippen LogP contribution in [0.2, 0.25) is 5.28 Å². The third-order valence-corrected chi connectivity index (χ3v) is 4.26. The molecule has 9 heteroatoms. The summed E-state index contributed by atoms with van der Waals surface area (Å²) in [7, 11) is 0. The Hall–Kier alpha value is -2.24. The fraction of sp³-hybridized carbons (Fsp3) is 0.0714. The largest absolute Gasteiger partial charge is 0.416 e. The zero-order valence-electron chi connectivity index (χ0n) is 11.1. The molecule has 1 aromatic heterocycles. The Morgan fingerprint density at radius 3 is 2.74 bits per heavy atom. The first-order valence-corrected chi connectivity index (χ1v) is 7.37. The van der Waals surface area contributed by atoms with E-state index >= 15 is 0 Å². The number of nitrogens with zero attached hydrogens (tertiary/aromatic N) is 3. The number of hydrogen-bond donors (Lipinski definition) is 1. The molecular weight excluding hydrogens is 349 g/mol. The summed E-state index contributed by atoms with van der Waals surface area (Å²) in [6.07, 6.45) is -3.02. The van der Waals surface area contributed by atoms with Crippen molar-refractivity contribution in [3.05, 3.63) is 52.0 Å². The summed E-state index contributed by atoms with van der Waals surface area (Å²) in [4.78, 5) is 8.28. The van der Waals surface area contributed by atoms with Gasteiger partial charge in [-0.15, -0.1) is 0 Å². The molecule has 0 saturated heterocycles. The van der Waals surface area contributed by atoms with E-state index < -0.39 is 11.7 Å². The van der Waals surface area contributed by atoms with Crippen LogP contribution in [0, 0.1) is 11.3 Å². The lowest BCUT2D eigenvalue weighted by Crippen LogP contribution is -2.05. The van der Waals surface area contributed by atoms with Gasteiger partial charge in [-0.2, -0.15) is 18.4 Å². The molecule has 116 valence electrons. The molecule has 3 rings (SSSR count). The predicted octanol–water partition coefficient (Wildman–Crippen LogP) is 4.56. The number of thioether (sulfide) groups is 1. The topological polar surface area (TPSA) is 61.6 Å². The molecule has 0 radical (unpaired) electrons. The lowest BCUT2D eigenvalue weighted by Gasteiger charge is -2.07. The maximum atomic E-state index is 12.8. The van der Waals surface area contributed by atoms with Gasteiger partial charge in [0.1, 0.15) is 11.6 Å². The molecule has 4 nitrogen and oxygen atoms in total. The Bertz CT molecular complexity index is 858. The fourth-order valence-electron chi connectivity index (χ4n) is 1.96. The van der Waals surface area contributed by atoms with Crippen molar-refractivity contribution in [2.75, 3.05) is 5.32 Å². The molecule has 1 aromatic carbocycles. The molecule has 0 unspecified atom stereocenters. The summed E-state index contributed by atoms with van der Waals surface area (Å²) in [5.74, 6) is 0. The van der Waals surface area contributed by atoms with Crippen LogP contribution in [0.3, 0.4) is 0 Å². The summed E-state index contributed by atoms with van der Waals surface area (Å²) in [6.45, 7) is 0. The quantitative estimate of drug-likeness (QED) is 0.601. The molecule has 1 aliphatic heterocycles. The van der Waals surface area contributed by atoms with E-state index in [4.69, 9.17) is 11.6 Å². The molecule has 0 bridgehead atoms. The number of alkyl halides is 3. The second-order valence-electron chi connectivity index (χ2n) is 4.46. The summed E-state index contributed by atoms with van der Waals surface area (Å²) in [6, 6.07) is 6.88. The minimum absolute atomic E-state index is 0.0179. The SMILES string of the molecule is N#C/C(=C1/Nc2cc(C(F)(F)F)ccc2S1)c1ccnc(Cl)n1. The number of anilines is 1. The van der Waals surface area contributed by atoms with Gasteiger partial charge in [-0.25, -0.2) is 9.97 Å². The zero-order chi connectivity index (χ0) is 16.6. The fourth-order valence-corrected chi connectivity index (χ4v) is 3.10. The highest BCUT2D eigenvalue weighted by atomic mass is 35.5. The molecule has 0 atom stereocenters. The lowest BCUT2D eigenvalue weighted by molar-refractivity contribution is -0.137. The first-order chi connectivity index (χ1) is 10.9. The van der Waals surface area contributed by atoms with Gasteiger partial charge in [-0.3, -0.25) is 0 Å². The standard InChI is InChI=1S/C14H6ClF3N4S/c15-13-20-4-3-9(22-13)8(6-19)12-21-10-5-7(14(16,17)18)1-2-11(10)23-12/h1-5,21H/b12-8+. The number of benzene rings is 1. The van der Waals surface area contributed by atoms with Crippen molar-refractivity contribution < 1.29 is 13.2 Å². The predicted molar refractivity (Wildman–Crippen MR) is 80.5 cm³/mol. The Balaban J connectivity index is 2.01. The van der Waals surface area contributed by atoms with Crippen LogP contribution in [-0.2, 0) is 6.18 Å². The van der Waals surface area contributed by atoms with Crippen LogP contribution in [0.15, 0.2) is 40.4 Å². The third-order valence-electron chi connectivity index (χ3n) is 2.99. The van der Waals surface area contributed by atoms with Crippen LogP contribution in [0.25, 0.3) is 5.57 Å². The monoisotopic (exact) mass is 354 g/mol. The molecule has 0 spiro atoms. The Morgan fingerprint density at radius 2 is 2.09 bits per heavy atom. The van der Waals surface area contributed by atoms with Crippen LogP contribution in [0.4, 0.5) is 18.9 Å². The van der Waals surface area contributed by atoms with E-state index in [1.54, 1.807) is 0 Å². The molecule has 0 aliphatic carbocycles. The number of hydrogen-bond acceptors (Lipinski definition) is 5. The summed E-state index contributed by atoms with van der Waals surface area (Å²) in [5, 5.41) is 12.6. The molecule has 1 N–H and O–H groups in total. The van der Waals surface area contributed by atoms with E-state index in [1.165, 1.54) is 18.3 Å². The van der Waals surface area contributed by atoms with Crippen molar-refractivity contribution in [3.63, 3.8) is 0 Å². The van der Waals surface area contributed by atoms with Crippen LogP contribution in [0.1, 0.15) is 11.3 Å². The summed E-state index contributed by atoms with van der Waals surface area (Å²) in [5.41, 5.74) is 0.0253. The van der Waals surface area contributed by atoms with Gasteiger partial charge in [0.25, 0.3) is 0 Å². The average Bonchev–Trinajstić information content (AvgIpc) is 2.89. The summed E-state index contributed by atoms with van der Waals surface area (Å²) >= 11 is 6.87. The lowest BCUT2D eigenvalue weighted by atomic mass is 10.2. The maximum absolute atomic E-state index is 12.8. The van der Waals surface area contributed by atoms with E-state index in [0.29, 0.717) is 21.3 Å². The second kappa shape index (κ2) is 5.76. The van der Waals surface area contributed by atoms with E-state index in [9.17, 15) is 18.4 Å². The minimum atomic E-state index is -4.42. The molecule has 2 heterocycles. The Kier molecular flexibility index (Phi) is 3.92. The number of halogens is 4. The van der Waals surface area contributed by atoms with Gasteiger partial charge in [-0.05, 0) is 35.9 Å². The normalized spacial score (nSPS) is 15.6. The molecular formula is C14H6ClF3N4S. The van der Waals surface area contributed by atoms with Gasteiger partial charge in [-0.1, -0.05) is 11.8 Å². The van der Waals surface area contributed by atoms with Crippen molar-refractivity contribution in [2.24, 2.45) is 0 Å². The molecule has 2 aromatic rings. The van der Waals surface area contributed by atoms with Crippen molar-refractivity contribution in [2.45, 2.75) is 11.1 Å². The van der Waals surface area contributed by atoms with Crippen molar-refractivity contribution >= 4 is 34.6 Å². The van der Waals surface area contributed by atoms with Gasteiger partial charge >= 0.3 is 6.18 Å². The van der Waals surface area contributed by atoms with Crippen LogP contribution < -0.4 is 5.32 Å². The van der Waals surface area contributed by atoms with Crippen molar-refractivity contribution in [1.29, 1.82) is 5.26 Å². The number of nitrogens with one attached hydrogen (secondary N) is 1. The van der Waals surface area contributed by atoms with Crippen LogP contribution in [0.5, 0.6) is 0 Å². The van der Waals surface area contributed by atoms with E-state index in [-0.39, 0.29) is 10.9 Å². The van der Waals surface area contributed by atoms with Gasteiger partial charge in [0.15, 0.2) is 0 Å². The molecule has 0 fully saturated rings. The minimum Gasteiger partial charge on any atom is -0.348 e. The number of fused-ring (bicyclic) bond motifs is 1.